The zero-order chi connectivity index (χ0) is 11.5. The number of aromatic nitrogens is 2. The summed E-state index contributed by atoms with van der Waals surface area (Å²) in [6.07, 6.45) is 0. The molecule has 0 bridgehead atoms. The normalized spacial score (nSPS) is 11.3. The fourth-order valence-corrected chi connectivity index (χ4v) is 1.72. The van der Waals surface area contributed by atoms with Gasteiger partial charge in [-0.3, -0.25) is 0 Å². The molecule has 1 aromatic heterocycles. The molecule has 0 aromatic carbocycles. The Kier molecular flexibility index (Phi) is 3.64. The highest BCUT2D eigenvalue weighted by molar-refractivity contribution is 7.99. The Morgan fingerprint density at radius 1 is 1.60 bits per heavy atom. The topological polar surface area (TPSA) is 61.8 Å². The summed E-state index contributed by atoms with van der Waals surface area (Å²) in [5, 5.41) is 22.0. The molecule has 0 fully saturated rings. The van der Waals surface area contributed by atoms with Crippen molar-refractivity contribution in [3.63, 3.8) is 0 Å². The molecule has 5 heteroatoms. The van der Waals surface area contributed by atoms with Gasteiger partial charge in [-0.1, -0.05) is 20.8 Å². The van der Waals surface area contributed by atoms with Gasteiger partial charge in [0.1, 0.15) is 6.54 Å². The third kappa shape index (κ3) is 3.84. The maximum absolute atomic E-state index is 9.43. The van der Waals surface area contributed by atoms with E-state index in [1.807, 2.05) is 6.07 Å². The molecule has 82 valence electrons. The fraction of sp³-hybridized carbons (Fsp3) is 0.600. The Morgan fingerprint density at radius 2 is 2.27 bits per heavy atom. The van der Waals surface area contributed by atoms with E-state index < -0.39 is 0 Å². The van der Waals surface area contributed by atoms with Crippen molar-refractivity contribution in [3.8, 4) is 11.9 Å². The second-order valence-corrected chi connectivity index (χ2v) is 6.01. The van der Waals surface area contributed by atoms with Gasteiger partial charge in [-0.2, -0.15) is 10.4 Å². The van der Waals surface area contributed by atoms with Gasteiger partial charge in [-0.25, -0.2) is 4.68 Å². The molecule has 0 amide bonds. The lowest BCUT2D eigenvalue weighted by molar-refractivity contribution is 0.412. The van der Waals surface area contributed by atoms with Gasteiger partial charge < -0.3 is 5.11 Å². The highest BCUT2D eigenvalue weighted by atomic mass is 32.2. The Labute approximate surface area is 93.9 Å². The van der Waals surface area contributed by atoms with Gasteiger partial charge in [-0.15, -0.1) is 11.8 Å². The third-order valence-corrected chi connectivity index (χ3v) is 2.99. The second kappa shape index (κ2) is 4.58. The number of nitriles is 1. The summed E-state index contributed by atoms with van der Waals surface area (Å²) in [7, 11) is 0. The van der Waals surface area contributed by atoms with Gasteiger partial charge in [-0.05, 0) is 0 Å². The smallest absolute Gasteiger partial charge is 0.210 e. The monoisotopic (exact) mass is 225 g/mol. The number of hydrogen-bond donors (Lipinski definition) is 1. The molecule has 1 rings (SSSR count). The standard InChI is InChI=1S/C10H15N3OS/c1-10(2,3)15-7-8-6-9(14)13(12-8)5-4-11/h6,14H,5,7H2,1-3H3. The van der Waals surface area contributed by atoms with E-state index in [1.54, 1.807) is 17.8 Å². The van der Waals surface area contributed by atoms with Crippen molar-refractivity contribution in [2.24, 2.45) is 0 Å². The molecule has 0 aliphatic rings. The lowest BCUT2D eigenvalue weighted by Gasteiger charge is -2.16. The molecular weight excluding hydrogens is 210 g/mol. The SMILES string of the molecule is CC(C)(C)SCc1cc(O)n(CC#N)n1. The van der Waals surface area contributed by atoms with Crippen LogP contribution in [0.15, 0.2) is 6.07 Å². The predicted molar refractivity (Wildman–Crippen MR) is 60.6 cm³/mol. The molecule has 0 saturated heterocycles. The van der Waals surface area contributed by atoms with Crippen LogP contribution in [-0.2, 0) is 12.3 Å². The van der Waals surface area contributed by atoms with E-state index in [2.05, 4.69) is 25.9 Å². The molecule has 0 radical (unpaired) electrons. The van der Waals surface area contributed by atoms with Crippen LogP contribution in [0, 0.1) is 11.3 Å². The molecular formula is C10H15N3OS. The summed E-state index contributed by atoms with van der Waals surface area (Å²) in [4.78, 5) is 0. The Bertz CT molecular complexity index is 373. The largest absolute Gasteiger partial charge is 0.493 e. The van der Waals surface area contributed by atoms with Crippen molar-refractivity contribution < 1.29 is 5.11 Å². The van der Waals surface area contributed by atoms with E-state index in [9.17, 15) is 5.11 Å². The van der Waals surface area contributed by atoms with E-state index in [1.165, 1.54) is 4.68 Å². The van der Waals surface area contributed by atoms with Gasteiger partial charge in [0.2, 0.25) is 5.88 Å². The quantitative estimate of drug-likeness (QED) is 0.856. The number of thioether (sulfide) groups is 1. The molecule has 1 aromatic rings. The molecule has 15 heavy (non-hydrogen) atoms. The van der Waals surface area contributed by atoms with Crippen LogP contribution in [0.1, 0.15) is 26.5 Å². The van der Waals surface area contributed by atoms with Crippen LogP contribution in [0.4, 0.5) is 0 Å². The average molecular weight is 225 g/mol. The zero-order valence-electron chi connectivity index (χ0n) is 9.19. The molecule has 0 unspecified atom stereocenters. The van der Waals surface area contributed by atoms with E-state index >= 15 is 0 Å². The minimum Gasteiger partial charge on any atom is -0.493 e. The van der Waals surface area contributed by atoms with Gasteiger partial charge in [0, 0.05) is 16.6 Å². The molecule has 4 nitrogen and oxygen atoms in total. The predicted octanol–water partition coefficient (Wildman–Crippen LogP) is 2.14. The lowest BCUT2D eigenvalue weighted by atomic mass is 10.3. The van der Waals surface area contributed by atoms with Gasteiger partial charge in [0.15, 0.2) is 0 Å². The molecule has 0 spiro atoms. The fourth-order valence-electron chi connectivity index (χ4n) is 1.00. The summed E-state index contributed by atoms with van der Waals surface area (Å²) in [6.45, 7) is 6.48. The second-order valence-electron chi connectivity index (χ2n) is 4.21. The molecule has 0 saturated carbocycles. The number of nitrogens with zero attached hydrogens (tertiary/aromatic N) is 3. The summed E-state index contributed by atoms with van der Waals surface area (Å²) < 4.78 is 1.48. The third-order valence-electron chi connectivity index (χ3n) is 1.68. The van der Waals surface area contributed by atoms with Crippen molar-refractivity contribution >= 4 is 11.8 Å². The molecule has 0 aliphatic carbocycles. The first kappa shape index (κ1) is 11.9. The van der Waals surface area contributed by atoms with Crippen molar-refractivity contribution in [2.75, 3.05) is 0 Å². The summed E-state index contributed by atoms with van der Waals surface area (Å²) >= 11 is 1.76. The first-order valence-electron chi connectivity index (χ1n) is 4.69. The van der Waals surface area contributed by atoms with Gasteiger partial charge >= 0.3 is 0 Å². The average Bonchev–Trinajstić information content (AvgIpc) is 2.44. The van der Waals surface area contributed by atoms with E-state index in [4.69, 9.17) is 5.26 Å². The Hall–Kier alpha value is -1.15. The summed E-state index contributed by atoms with van der Waals surface area (Å²) in [6, 6.07) is 3.55. The van der Waals surface area contributed by atoms with Gasteiger partial charge in [0.25, 0.3) is 0 Å². The molecule has 0 aliphatic heterocycles. The first-order valence-corrected chi connectivity index (χ1v) is 5.67. The van der Waals surface area contributed by atoms with Crippen molar-refractivity contribution in [1.82, 2.24) is 9.78 Å². The number of hydrogen-bond acceptors (Lipinski definition) is 4. The number of rotatable bonds is 3. The van der Waals surface area contributed by atoms with Crippen LogP contribution in [0.25, 0.3) is 0 Å². The minimum absolute atomic E-state index is 0.0565. The lowest BCUT2D eigenvalue weighted by Crippen LogP contribution is -2.07. The first-order chi connectivity index (χ1) is 6.92. The highest BCUT2D eigenvalue weighted by Crippen LogP contribution is 2.27. The van der Waals surface area contributed by atoms with E-state index in [-0.39, 0.29) is 17.2 Å². The Balaban J connectivity index is 2.64. The maximum Gasteiger partial charge on any atom is 0.210 e. The van der Waals surface area contributed by atoms with Crippen LogP contribution >= 0.6 is 11.8 Å². The molecule has 1 N–H and O–H groups in total. The van der Waals surface area contributed by atoms with Crippen molar-refractivity contribution in [3.05, 3.63) is 11.8 Å². The van der Waals surface area contributed by atoms with E-state index in [0.29, 0.717) is 0 Å². The summed E-state index contributed by atoms with van der Waals surface area (Å²) in [5.41, 5.74) is 0.808. The summed E-state index contributed by atoms with van der Waals surface area (Å²) in [5.74, 6) is 0.802. The highest BCUT2D eigenvalue weighted by Gasteiger charge is 2.13. The number of aromatic hydroxyl groups is 1. The zero-order valence-corrected chi connectivity index (χ0v) is 10.0. The minimum atomic E-state index is 0.0565. The Morgan fingerprint density at radius 3 is 2.80 bits per heavy atom. The van der Waals surface area contributed by atoms with Crippen LogP contribution in [-0.4, -0.2) is 19.6 Å². The van der Waals surface area contributed by atoms with Crippen LogP contribution in [0.2, 0.25) is 0 Å². The van der Waals surface area contributed by atoms with Crippen molar-refractivity contribution in [2.45, 2.75) is 37.8 Å². The van der Waals surface area contributed by atoms with Crippen LogP contribution < -0.4 is 0 Å². The maximum atomic E-state index is 9.43. The van der Waals surface area contributed by atoms with E-state index in [0.717, 1.165) is 11.4 Å². The van der Waals surface area contributed by atoms with Crippen LogP contribution in [0.5, 0.6) is 5.88 Å². The van der Waals surface area contributed by atoms with Gasteiger partial charge in [0.05, 0.1) is 11.8 Å². The van der Waals surface area contributed by atoms with Crippen molar-refractivity contribution in [1.29, 1.82) is 5.26 Å². The molecule has 1 heterocycles. The van der Waals surface area contributed by atoms with Crippen LogP contribution in [0.3, 0.4) is 0 Å². The molecule has 0 atom stereocenters.